The molecule has 1 rings (SSSR count). The Kier molecular flexibility index (Phi) is 3.13. The standard InChI is InChI=1S/C13H20/c1-6-11-7-12(9(2)3)13(8-11)10(4)5/h6-7,9-10H,1,8H2,2-5H3. The van der Waals surface area contributed by atoms with E-state index in [4.69, 9.17) is 0 Å². The van der Waals surface area contributed by atoms with Gasteiger partial charge in [0.2, 0.25) is 0 Å². The summed E-state index contributed by atoms with van der Waals surface area (Å²) in [6.45, 7) is 12.9. The van der Waals surface area contributed by atoms with E-state index in [1.54, 1.807) is 5.57 Å². The minimum Gasteiger partial charge on any atom is -0.0988 e. The molecule has 0 fully saturated rings. The Morgan fingerprint density at radius 2 is 1.85 bits per heavy atom. The van der Waals surface area contributed by atoms with Crippen LogP contribution in [0.4, 0.5) is 0 Å². The van der Waals surface area contributed by atoms with Gasteiger partial charge in [0.25, 0.3) is 0 Å². The van der Waals surface area contributed by atoms with Gasteiger partial charge in [-0.15, -0.1) is 0 Å². The van der Waals surface area contributed by atoms with E-state index >= 15 is 0 Å². The second kappa shape index (κ2) is 3.95. The summed E-state index contributed by atoms with van der Waals surface area (Å²) < 4.78 is 0. The lowest BCUT2D eigenvalue weighted by Gasteiger charge is -2.13. The SMILES string of the molecule is C=CC1=CC(C(C)C)=C(C(C)C)C1. The second-order valence-corrected chi connectivity index (χ2v) is 4.39. The summed E-state index contributed by atoms with van der Waals surface area (Å²) in [6, 6.07) is 0. The smallest absolute Gasteiger partial charge is 0.00587 e. The van der Waals surface area contributed by atoms with E-state index in [-0.39, 0.29) is 0 Å². The molecule has 0 aliphatic heterocycles. The van der Waals surface area contributed by atoms with Gasteiger partial charge >= 0.3 is 0 Å². The van der Waals surface area contributed by atoms with Gasteiger partial charge in [-0.2, -0.15) is 0 Å². The Bertz CT molecular complexity index is 262. The lowest BCUT2D eigenvalue weighted by Crippen LogP contribution is -1.99. The highest BCUT2D eigenvalue weighted by Gasteiger charge is 2.18. The van der Waals surface area contributed by atoms with Gasteiger partial charge < -0.3 is 0 Å². The predicted molar refractivity (Wildman–Crippen MR) is 59.6 cm³/mol. The normalized spacial score (nSPS) is 17.2. The molecule has 0 saturated heterocycles. The van der Waals surface area contributed by atoms with Crippen molar-refractivity contribution in [3.05, 3.63) is 35.5 Å². The molecule has 0 aromatic heterocycles. The van der Waals surface area contributed by atoms with E-state index in [2.05, 4.69) is 40.3 Å². The van der Waals surface area contributed by atoms with E-state index in [0.717, 1.165) is 6.42 Å². The number of rotatable bonds is 3. The summed E-state index contributed by atoms with van der Waals surface area (Å²) in [5.41, 5.74) is 4.52. The molecule has 0 nitrogen and oxygen atoms in total. The number of hydrogen-bond donors (Lipinski definition) is 0. The van der Waals surface area contributed by atoms with Crippen molar-refractivity contribution in [3.8, 4) is 0 Å². The first-order valence-corrected chi connectivity index (χ1v) is 5.12. The molecule has 1 aliphatic carbocycles. The predicted octanol–water partition coefficient (Wildman–Crippen LogP) is 4.11. The van der Waals surface area contributed by atoms with Crippen LogP contribution >= 0.6 is 0 Å². The quantitative estimate of drug-likeness (QED) is 0.607. The van der Waals surface area contributed by atoms with E-state index in [1.807, 2.05) is 6.08 Å². The molecule has 13 heavy (non-hydrogen) atoms. The van der Waals surface area contributed by atoms with Crippen LogP contribution in [0.25, 0.3) is 0 Å². The van der Waals surface area contributed by atoms with Gasteiger partial charge in [0.15, 0.2) is 0 Å². The molecule has 0 aromatic rings. The molecule has 0 unspecified atom stereocenters. The average Bonchev–Trinajstić information content (AvgIpc) is 2.47. The summed E-state index contributed by atoms with van der Waals surface area (Å²) >= 11 is 0. The van der Waals surface area contributed by atoms with Crippen molar-refractivity contribution in [1.82, 2.24) is 0 Å². The highest BCUT2D eigenvalue weighted by atomic mass is 14.2. The van der Waals surface area contributed by atoms with E-state index in [1.165, 1.54) is 11.1 Å². The Balaban J connectivity index is 2.94. The van der Waals surface area contributed by atoms with Crippen LogP contribution in [0.2, 0.25) is 0 Å². The second-order valence-electron chi connectivity index (χ2n) is 4.39. The third-order valence-corrected chi connectivity index (χ3v) is 2.69. The molecule has 0 saturated carbocycles. The molecule has 72 valence electrons. The Labute approximate surface area is 82.0 Å². The molecule has 0 heterocycles. The van der Waals surface area contributed by atoms with Crippen molar-refractivity contribution in [1.29, 1.82) is 0 Å². The van der Waals surface area contributed by atoms with Crippen molar-refractivity contribution < 1.29 is 0 Å². The van der Waals surface area contributed by atoms with Crippen molar-refractivity contribution >= 4 is 0 Å². The molecule has 0 aromatic carbocycles. The van der Waals surface area contributed by atoms with E-state index in [0.29, 0.717) is 11.8 Å². The fraction of sp³-hybridized carbons (Fsp3) is 0.538. The first-order chi connectivity index (χ1) is 6.06. The van der Waals surface area contributed by atoms with Crippen LogP contribution in [0.3, 0.4) is 0 Å². The highest BCUT2D eigenvalue weighted by Crippen LogP contribution is 2.34. The molecule has 0 amide bonds. The van der Waals surface area contributed by atoms with Crippen molar-refractivity contribution in [3.63, 3.8) is 0 Å². The van der Waals surface area contributed by atoms with Crippen LogP contribution in [-0.2, 0) is 0 Å². The molecule has 0 N–H and O–H groups in total. The molecule has 0 heteroatoms. The minimum absolute atomic E-state index is 0.648. The summed E-state index contributed by atoms with van der Waals surface area (Å²) in [7, 11) is 0. The molecule has 0 spiro atoms. The molecule has 0 bridgehead atoms. The zero-order valence-electron chi connectivity index (χ0n) is 9.22. The Hall–Kier alpha value is -0.780. The molecular weight excluding hydrogens is 156 g/mol. The number of hydrogen-bond acceptors (Lipinski definition) is 0. The molecule has 0 radical (unpaired) electrons. The topological polar surface area (TPSA) is 0 Å². The third kappa shape index (κ3) is 2.12. The van der Waals surface area contributed by atoms with Crippen molar-refractivity contribution in [2.75, 3.05) is 0 Å². The summed E-state index contributed by atoms with van der Waals surface area (Å²) in [5, 5.41) is 0. The monoisotopic (exact) mass is 176 g/mol. The summed E-state index contributed by atoms with van der Waals surface area (Å²) in [5.74, 6) is 1.32. The minimum atomic E-state index is 0.648. The van der Waals surface area contributed by atoms with Gasteiger partial charge in [-0.25, -0.2) is 0 Å². The molecule has 1 aliphatic rings. The maximum atomic E-state index is 3.84. The van der Waals surface area contributed by atoms with Gasteiger partial charge in [0, 0.05) is 0 Å². The average molecular weight is 176 g/mol. The highest BCUT2D eigenvalue weighted by molar-refractivity contribution is 5.44. The number of allylic oxidation sites excluding steroid dienone is 5. The lowest BCUT2D eigenvalue weighted by atomic mass is 9.92. The lowest BCUT2D eigenvalue weighted by molar-refractivity contribution is 0.701. The van der Waals surface area contributed by atoms with E-state index < -0.39 is 0 Å². The Morgan fingerprint density at radius 3 is 2.15 bits per heavy atom. The van der Waals surface area contributed by atoms with Crippen LogP contribution in [-0.4, -0.2) is 0 Å². The Morgan fingerprint density at radius 1 is 1.23 bits per heavy atom. The molecule has 0 atom stereocenters. The van der Waals surface area contributed by atoms with Crippen LogP contribution < -0.4 is 0 Å². The van der Waals surface area contributed by atoms with Gasteiger partial charge in [0.1, 0.15) is 0 Å². The van der Waals surface area contributed by atoms with Crippen LogP contribution in [0.5, 0.6) is 0 Å². The maximum Gasteiger partial charge on any atom is -0.00587 e. The van der Waals surface area contributed by atoms with Gasteiger partial charge in [-0.1, -0.05) is 52.0 Å². The third-order valence-electron chi connectivity index (χ3n) is 2.69. The zero-order chi connectivity index (χ0) is 10.0. The maximum absolute atomic E-state index is 3.84. The fourth-order valence-electron chi connectivity index (χ4n) is 1.87. The van der Waals surface area contributed by atoms with E-state index in [9.17, 15) is 0 Å². The summed E-state index contributed by atoms with van der Waals surface area (Å²) in [6.07, 6.45) is 5.42. The van der Waals surface area contributed by atoms with Crippen LogP contribution in [0.15, 0.2) is 35.5 Å². The summed E-state index contributed by atoms with van der Waals surface area (Å²) in [4.78, 5) is 0. The van der Waals surface area contributed by atoms with Gasteiger partial charge in [-0.05, 0) is 29.4 Å². The zero-order valence-corrected chi connectivity index (χ0v) is 9.22. The fourth-order valence-corrected chi connectivity index (χ4v) is 1.87. The van der Waals surface area contributed by atoms with Gasteiger partial charge in [-0.3, -0.25) is 0 Å². The van der Waals surface area contributed by atoms with Gasteiger partial charge in [0.05, 0.1) is 0 Å². The first kappa shape index (κ1) is 10.3. The van der Waals surface area contributed by atoms with Crippen molar-refractivity contribution in [2.45, 2.75) is 34.1 Å². The first-order valence-electron chi connectivity index (χ1n) is 5.12. The van der Waals surface area contributed by atoms with Crippen molar-refractivity contribution in [2.24, 2.45) is 11.8 Å². The molecular formula is C13H20. The largest absolute Gasteiger partial charge is 0.0988 e. The van der Waals surface area contributed by atoms with Crippen LogP contribution in [0, 0.1) is 11.8 Å². The van der Waals surface area contributed by atoms with Crippen LogP contribution in [0.1, 0.15) is 34.1 Å².